The summed E-state index contributed by atoms with van der Waals surface area (Å²) >= 11 is 0. The van der Waals surface area contributed by atoms with Gasteiger partial charge in [-0.3, -0.25) is 9.78 Å². The summed E-state index contributed by atoms with van der Waals surface area (Å²) in [5.41, 5.74) is 2.13. The number of amides is 1. The lowest BCUT2D eigenvalue weighted by Gasteiger charge is -2.14. The Morgan fingerprint density at radius 3 is 2.50 bits per heavy atom. The molecular weight excluding hydrogens is 408 g/mol. The van der Waals surface area contributed by atoms with Crippen LogP contribution in [0.1, 0.15) is 18.2 Å². The molecule has 0 spiro atoms. The second-order valence-electron chi connectivity index (χ2n) is 6.78. The smallest absolute Gasteiger partial charge is 0.331 e. The molecule has 0 bridgehead atoms. The lowest BCUT2D eigenvalue weighted by Crippen LogP contribution is -2.29. The minimum Gasteiger partial charge on any atom is -0.495 e. The van der Waals surface area contributed by atoms with Crippen molar-refractivity contribution in [2.45, 2.75) is 19.6 Å². The SMILES string of the molecule is COc1ccccc1NC(=O)C(C)OC(=O)C=Cc1ccc(OCc2ccccn2)cc1. The second-order valence-corrected chi connectivity index (χ2v) is 6.78. The number of nitrogens with one attached hydrogen (secondary N) is 1. The zero-order valence-electron chi connectivity index (χ0n) is 17.9. The third-order valence-corrected chi connectivity index (χ3v) is 4.43. The number of esters is 1. The highest BCUT2D eigenvalue weighted by atomic mass is 16.5. The number of nitrogens with zero attached hydrogens (tertiary/aromatic N) is 1. The van der Waals surface area contributed by atoms with Crippen molar-refractivity contribution in [2.75, 3.05) is 12.4 Å². The van der Waals surface area contributed by atoms with Gasteiger partial charge in [0.15, 0.2) is 6.10 Å². The first-order chi connectivity index (χ1) is 15.5. The first-order valence-electron chi connectivity index (χ1n) is 10.0. The number of para-hydroxylation sites is 2. The van der Waals surface area contributed by atoms with Crippen molar-refractivity contribution in [3.8, 4) is 11.5 Å². The van der Waals surface area contributed by atoms with Gasteiger partial charge in [-0.1, -0.05) is 30.3 Å². The molecule has 2 aromatic carbocycles. The number of benzene rings is 2. The molecule has 3 aromatic rings. The molecule has 0 aliphatic heterocycles. The molecule has 32 heavy (non-hydrogen) atoms. The molecule has 1 N–H and O–H groups in total. The van der Waals surface area contributed by atoms with Crippen LogP contribution in [0.25, 0.3) is 6.08 Å². The van der Waals surface area contributed by atoms with E-state index in [1.54, 1.807) is 48.7 Å². The molecule has 0 saturated heterocycles. The van der Waals surface area contributed by atoms with E-state index in [0.29, 0.717) is 23.8 Å². The van der Waals surface area contributed by atoms with E-state index in [2.05, 4.69) is 10.3 Å². The van der Waals surface area contributed by atoms with Gasteiger partial charge < -0.3 is 19.5 Å². The molecule has 0 radical (unpaired) electrons. The fourth-order valence-corrected chi connectivity index (χ4v) is 2.73. The van der Waals surface area contributed by atoms with Crippen LogP contribution in [0, 0.1) is 0 Å². The summed E-state index contributed by atoms with van der Waals surface area (Å²) in [4.78, 5) is 28.6. The fourth-order valence-electron chi connectivity index (χ4n) is 2.73. The highest BCUT2D eigenvalue weighted by Gasteiger charge is 2.18. The quantitative estimate of drug-likeness (QED) is 0.402. The summed E-state index contributed by atoms with van der Waals surface area (Å²) in [6.07, 6.45) is 3.63. The van der Waals surface area contributed by atoms with Crippen LogP contribution in [0.2, 0.25) is 0 Å². The number of methoxy groups -OCH3 is 1. The van der Waals surface area contributed by atoms with Crippen molar-refractivity contribution >= 4 is 23.6 Å². The van der Waals surface area contributed by atoms with Gasteiger partial charge in [0, 0.05) is 12.3 Å². The zero-order valence-corrected chi connectivity index (χ0v) is 17.9. The largest absolute Gasteiger partial charge is 0.495 e. The molecular formula is C25H24N2O5. The molecule has 0 aliphatic carbocycles. The molecule has 164 valence electrons. The second kappa shape index (κ2) is 11.3. The minimum atomic E-state index is -0.973. The number of rotatable bonds is 9. The number of pyridine rings is 1. The van der Waals surface area contributed by atoms with Gasteiger partial charge in [-0.25, -0.2) is 4.79 Å². The molecule has 1 atom stereocenters. The van der Waals surface area contributed by atoms with Crippen LogP contribution in [0.15, 0.2) is 79.0 Å². The third kappa shape index (κ3) is 6.70. The van der Waals surface area contributed by atoms with Gasteiger partial charge in [0.1, 0.15) is 18.1 Å². The van der Waals surface area contributed by atoms with Crippen LogP contribution >= 0.6 is 0 Å². The molecule has 7 nitrogen and oxygen atoms in total. The summed E-state index contributed by atoms with van der Waals surface area (Å²) in [7, 11) is 1.51. The minimum absolute atomic E-state index is 0.372. The van der Waals surface area contributed by atoms with Crippen molar-refractivity contribution in [3.63, 3.8) is 0 Å². The Balaban J connectivity index is 1.48. The van der Waals surface area contributed by atoms with E-state index in [-0.39, 0.29) is 0 Å². The number of hydrogen-bond donors (Lipinski definition) is 1. The van der Waals surface area contributed by atoms with Gasteiger partial charge >= 0.3 is 5.97 Å². The van der Waals surface area contributed by atoms with Crippen LogP contribution in [0.3, 0.4) is 0 Å². The molecule has 0 aliphatic rings. The number of hydrogen-bond acceptors (Lipinski definition) is 6. The van der Waals surface area contributed by atoms with E-state index in [1.807, 2.05) is 30.3 Å². The number of carbonyl (C=O) groups is 2. The van der Waals surface area contributed by atoms with Crippen LogP contribution in [-0.2, 0) is 20.9 Å². The Labute approximate surface area is 186 Å². The maximum absolute atomic E-state index is 12.3. The van der Waals surface area contributed by atoms with Crippen LogP contribution in [0.5, 0.6) is 11.5 Å². The van der Waals surface area contributed by atoms with Gasteiger partial charge in [0.05, 0.1) is 18.5 Å². The summed E-state index contributed by atoms with van der Waals surface area (Å²) in [6, 6.07) is 19.9. The predicted octanol–water partition coefficient (Wildman–Crippen LogP) is 4.25. The zero-order chi connectivity index (χ0) is 22.8. The number of anilines is 1. The Hall–Kier alpha value is -4.13. The van der Waals surface area contributed by atoms with Gasteiger partial charge in [-0.15, -0.1) is 0 Å². The lowest BCUT2D eigenvalue weighted by molar-refractivity contribution is -0.148. The number of ether oxygens (including phenoxy) is 3. The molecule has 1 amide bonds. The number of aromatic nitrogens is 1. The first-order valence-corrected chi connectivity index (χ1v) is 10.0. The van der Waals surface area contributed by atoms with Crippen molar-refractivity contribution in [2.24, 2.45) is 0 Å². The van der Waals surface area contributed by atoms with E-state index >= 15 is 0 Å². The molecule has 3 rings (SSSR count). The normalized spacial score (nSPS) is 11.6. The van der Waals surface area contributed by atoms with Gasteiger partial charge in [-0.2, -0.15) is 0 Å². The number of carbonyl (C=O) groups excluding carboxylic acids is 2. The Morgan fingerprint density at radius 1 is 1.03 bits per heavy atom. The first kappa shape index (κ1) is 22.6. The maximum atomic E-state index is 12.3. The molecule has 7 heteroatoms. The molecule has 1 unspecified atom stereocenters. The highest BCUT2D eigenvalue weighted by molar-refractivity contribution is 5.97. The summed E-state index contributed by atoms with van der Waals surface area (Å²) in [5, 5.41) is 2.69. The summed E-state index contributed by atoms with van der Waals surface area (Å²) in [5.74, 6) is 0.137. The summed E-state index contributed by atoms with van der Waals surface area (Å²) < 4.78 is 16.1. The van der Waals surface area contributed by atoms with E-state index in [9.17, 15) is 9.59 Å². The average molecular weight is 432 g/mol. The van der Waals surface area contributed by atoms with Crippen molar-refractivity contribution in [3.05, 3.63) is 90.3 Å². The standard InChI is InChI=1S/C25H24N2O5/c1-18(25(29)27-22-8-3-4-9-23(22)30-2)32-24(28)15-12-19-10-13-21(14-11-19)31-17-20-7-5-6-16-26-20/h3-16,18H,17H2,1-2H3,(H,27,29). The van der Waals surface area contributed by atoms with E-state index < -0.39 is 18.0 Å². The van der Waals surface area contributed by atoms with Crippen molar-refractivity contribution < 1.29 is 23.8 Å². The van der Waals surface area contributed by atoms with Crippen molar-refractivity contribution in [1.29, 1.82) is 0 Å². The third-order valence-electron chi connectivity index (χ3n) is 4.43. The Kier molecular flexibility index (Phi) is 7.97. The van der Waals surface area contributed by atoms with Crippen molar-refractivity contribution in [1.82, 2.24) is 4.98 Å². The van der Waals surface area contributed by atoms with E-state index in [4.69, 9.17) is 14.2 Å². The lowest BCUT2D eigenvalue weighted by atomic mass is 10.2. The monoisotopic (exact) mass is 432 g/mol. The molecule has 0 saturated carbocycles. The Bertz CT molecular complexity index is 1070. The van der Waals surface area contributed by atoms with Gasteiger partial charge in [0.25, 0.3) is 5.91 Å². The van der Waals surface area contributed by atoms with Crippen LogP contribution in [-0.4, -0.2) is 30.1 Å². The van der Waals surface area contributed by atoms with Crippen LogP contribution in [0.4, 0.5) is 5.69 Å². The molecule has 1 heterocycles. The molecule has 1 aromatic heterocycles. The fraction of sp³-hybridized carbons (Fsp3) is 0.160. The molecule has 0 fully saturated rings. The highest BCUT2D eigenvalue weighted by Crippen LogP contribution is 2.23. The van der Waals surface area contributed by atoms with Gasteiger partial charge in [0.2, 0.25) is 0 Å². The topological polar surface area (TPSA) is 86.8 Å². The maximum Gasteiger partial charge on any atom is 0.331 e. The van der Waals surface area contributed by atoms with Crippen LogP contribution < -0.4 is 14.8 Å². The Morgan fingerprint density at radius 2 is 1.78 bits per heavy atom. The average Bonchev–Trinajstić information content (AvgIpc) is 2.83. The van der Waals surface area contributed by atoms with Gasteiger partial charge in [-0.05, 0) is 55.0 Å². The van der Waals surface area contributed by atoms with E-state index in [0.717, 1.165) is 11.3 Å². The summed E-state index contributed by atoms with van der Waals surface area (Å²) in [6.45, 7) is 1.88. The van der Waals surface area contributed by atoms with E-state index in [1.165, 1.54) is 20.1 Å². The predicted molar refractivity (Wildman–Crippen MR) is 121 cm³/mol.